The fourth-order valence-corrected chi connectivity index (χ4v) is 3.95. The predicted molar refractivity (Wildman–Crippen MR) is 118 cm³/mol. The standard InChI is InChI=1S/C13H25N3O.C7H15N.C2H4O/c1-4-6-10(7-5-2)8-9-11-12(17)16(3)13(14)15-11;1-6-3-2-4-7(8)5-6;1-2-3/h10-11H,4-9H2,1-3H3,(H2,14,15);6-7H,2-5,8H2,1H3;2H,1H3. The molecule has 0 spiro atoms. The molecule has 6 nitrogen and oxygen atoms in total. The van der Waals surface area contributed by atoms with Gasteiger partial charge in [0.15, 0.2) is 5.96 Å². The van der Waals surface area contributed by atoms with Crippen LogP contribution in [0.5, 0.6) is 0 Å². The molecule has 164 valence electrons. The number of hydrogen-bond donors (Lipinski definition) is 2. The van der Waals surface area contributed by atoms with E-state index in [2.05, 4.69) is 25.8 Å². The van der Waals surface area contributed by atoms with Crippen LogP contribution in [0.1, 0.15) is 91.9 Å². The minimum atomic E-state index is -0.226. The van der Waals surface area contributed by atoms with Crippen molar-refractivity contribution in [2.45, 2.75) is 104 Å². The van der Waals surface area contributed by atoms with Crippen LogP contribution in [0.2, 0.25) is 0 Å². The van der Waals surface area contributed by atoms with Gasteiger partial charge in [-0.1, -0.05) is 59.3 Å². The number of aliphatic imine (C=N–C) groups is 1. The zero-order chi connectivity index (χ0) is 21.5. The maximum absolute atomic E-state index is 11.8. The van der Waals surface area contributed by atoms with E-state index in [-0.39, 0.29) is 11.9 Å². The minimum Gasteiger partial charge on any atom is -0.369 e. The van der Waals surface area contributed by atoms with Crippen molar-refractivity contribution < 1.29 is 9.59 Å². The van der Waals surface area contributed by atoms with E-state index in [9.17, 15) is 4.79 Å². The Hall–Kier alpha value is -1.43. The van der Waals surface area contributed by atoms with Gasteiger partial charge in [-0.25, -0.2) is 4.99 Å². The van der Waals surface area contributed by atoms with Crippen molar-refractivity contribution in [1.82, 2.24) is 4.90 Å². The molecule has 1 aliphatic heterocycles. The third-order valence-electron chi connectivity index (χ3n) is 5.47. The lowest BCUT2D eigenvalue weighted by Gasteiger charge is -2.22. The Balaban J connectivity index is 0.000000547. The van der Waals surface area contributed by atoms with Crippen molar-refractivity contribution >= 4 is 18.2 Å². The molecular weight excluding hydrogens is 352 g/mol. The van der Waals surface area contributed by atoms with Gasteiger partial charge in [-0.05, 0) is 44.4 Å². The third-order valence-corrected chi connectivity index (χ3v) is 5.47. The number of carbonyl (C=O) groups is 2. The molecule has 1 fully saturated rings. The summed E-state index contributed by atoms with van der Waals surface area (Å²) in [4.78, 5) is 26.3. The van der Waals surface area contributed by atoms with Crippen molar-refractivity contribution in [2.24, 2.45) is 28.3 Å². The number of nitrogens with two attached hydrogens (primary N) is 2. The molecule has 0 radical (unpaired) electrons. The molecule has 2 aliphatic rings. The molecule has 2 rings (SSSR count). The number of amides is 1. The summed E-state index contributed by atoms with van der Waals surface area (Å²) < 4.78 is 0. The molecule has 1 heterocycles. The molecule has 3 atom stereocenters. The number of hydrogen-bond acceptors (Lipinski definition) is 5. The van der Waals surface area contributed by atoms with Crippen LogP contribution in [-0.4, -0.2) is 42.2 Å². The summed E-state index contributed by atoms with van der Waals surface area (Å²) in [5.74, 6) is 2.04. The number of nitrogens with zero attached hydrogens (tertiary/aromatic N) is 2. The normalized spacial score (nSPS) is 24.1. The highest BCUT2D eigenvalue weighted by atomic mass is 16.2. The van der Waals surface area contributed by atoms with E-state index < -0.39 is 0 Å². The Bertz CT molecular complexity index is 453. The summed E-state index contributed by atoms with van der Waals surface area (Å²) in [5.41, 5.74) is 11.4. The van der Waals surface area contributed by atoms with Crippen molar-refractivity contribution in [1.29, 1.82) is 0 Å². The number of aldehydes is 1. The maximum Gasteiger partial charge on any atom is 0.253 e. The predicted octanol–water partition coefficient (Wildman–Crippen LogP) is 3.87. The summed E-state index contributed by atoms with van der Waals surface area (Å²) in [6.07, 6.45) is 12.9. The first-order valence-electron chi connectivity index (χ1n) is 11.1. The highest BCUT2D eigenvalue weighted by molar-refractivity contribution is 6.03. The number of rotatable bonds is 7. The Kier molecular flexibility index (Phi) is 14.7. The van der Waals surface area contributed by atoms with Gasteiger partial charge in [-0.2, -0.15) is 0 Å². The fourth-order valence-electron chi connectivity index (χ4n) is 3.95. The SMILES string of the molecule is CC1CCCC(N)C1.CC=O.CCCC(CCC)CCC1N=C(N)N(C)C1=O. The Morgan fingerprint density at radius 3 is 2.14 bits per heavy atom. The summed E-state index contributed by atoms with van der Waals surface area (Å²) in [6.45, 7) is 8.17. The van der Waals surface area contributed by atoms with Crippen LogP contribution in [0.15, 0.2) is 4.99 Å². The molecule has 3 unspecified atom stereocenters. The Morgan fingerprint density at radius 1 is 1.21 bits per heavy atom. The highest BCUT2D eigenvalue weighted by Crippen LogP contribution is 2.23. The van der Waals surface area contributed by atoms with Crippen molar-refractivity contribution in [2.75, 3.05) is 7.05 Å². The zero-order valence-electron chi connectivity index (χ0n) is 18.8. The smallest absolute Gasteiger partial charge is 0.253 e. The average Bonchev–Trinajstić information content (AvgIpc) is 2.88. The summed E-state index contributed by atoms with van der Waals surface area (Å²) in [5, 5.41) is 0. The molecule has 28 heavy (non-hydrogen) atoms. The van der Waals surface area contributed by atoms with Crippen molar-refractivity contribution in [3.05, 3.63) is 0 Å². The first-order chi connectivity index (χ1) is 13.3. The Morgan fingerprint density at radius 2 is 1.79 bits per heavy atom. The number of likely N-dealkylation sites (N-methyl/N-ethyl adjacent to an activating group) is 1. The van der Waals surface area contributed by atoms with Crippen LogP contribution in [0.4, 0.5) is 0 Å². The van der Waals surface area contributed by atoms with Crippen molar-refractivity contribution in [3.63, 3.8) is 0 Å². The van der Waals surface area contributed by atoms with Gasteiger partial charge in [-0.3, -0.25) is 9.69 Å². The lowest BCUT2D eigenvalue weighted by Crippen LogP contribution is -2.35. The largest absolute Gasteiger partial charge is 0.369 e. The van der Waals surface area contributed by atoms with Gasteiger partial charge in [0.25, 0.3) is 5.91 Å². The third kappa shape index (κ3) is 10.8. The second-order valence-corrected chi connectivity index (χ2v) is 8.19. The van der Waals surface area contributed by atoms with E-state index >= 15 is 0 Å². The minimum absolute atomic E-state index is 0.0502. The van der Waals surface area contributed by atoms with Gasteiger partial charge in [0.05, 0.1) is 0 Å². The van der Waals surface area contributed by atoms with E-state index in [1.54, 1.807) is 7.05 Å². The molecule has 1 amide bonds. The molecular formula is C22H44N4O2. The maximum atomic E-state index is 11.8. The van der Waals surface area contributed by atoms with Gasteiger partial charge in [0.2, 0.25) is 0 Å². The summed E-state index contributed by atoms with van der Waals surface area (Å²) in [7, 11) is 1.69. The van der Waals surface area contributed by atoms with E-state index in [4.69, 9.17) is 16.3 Å². The lowest BCUT2D eigenvalue weighted by molar-refractivity contribution is -0.126. The van der Waals surface area contributed by atoms with E-state index in [1.807, 2.05) is 0 Å². The molecule has 1 saturated carbocycles. The van der Waals surface area contributed by atoms with Crippen LogP contribution in [-0.2, 0) is 9.59 Å². The average molecular weight is 397 g/mol. The molecule has 0 saturated heterocycles. The molecule has 0 bridgehead atoms. The molecule has 1 aliphatic carbocycles. The van der Waals surface area contributed by atoms with Gasteiger partial charge >= 0.3 is 0 Å². The molecule has 0 aromatic heterocycles. The monoisotopic (exact) mass is 396 g/mol. The second kappa shape index (κ2) is 15.5. The number of guanidine groups is 1. The quantitative estimate of drug-likeness (QED) is 0.638. The Labute approximate surface area is 172 Å². The van der Waals surface area contributed by atoms with Crippen LogP contribution >= 0.6 is 0 Å². The van der Waals surface area contributed by atoms with Gasteiger partial charge in [0, 0.05) is 13.1 Å². The zero-order valence-corrected chi connectivity index (χ0v) is 18.8. The first-order valence-corrected chi connectivity index (χ1v) is 11.1. The van der Waals surface area contributed by atoms with Crippen LogP contribution in [0.25, 0.3) is 0 Å². The molecule has 0 aromatic carbocycles. The molecule has 0 aromatic rings. The molecule has 4 N–H and O–H groups in total. The summed E-state index contributed by atoms with van der Waals surface area (Å²) in [6, 6.07) is 0.287. The topological polar surface area (TPSA) is 102 Å². The van der Waals surface area contributed by atoms with E-state index in [1.165, 1.54) is 63.2 Å². The van der Waals surface area contributed by atoms with Crippen LogP contribution in [0.3, 0.4) is 0 Å². The van der Waals surface area contributed by atoms with E-state index in [0.717, 1.165) is 31.0 Å². The second-order valence-electron chi connectivity index (χ2n) is 8.19. The van der Waals surface area contributed by atoms with Gasteiger partial charge in [-0.15, -0.1) is 0 Å². The van der Waals surface area contributed by atoms with Crippen molar-refractivity contribution in [3.8, 4) is 0 Å². The summed E-state index contributed by atoms with van der Waals surface area (Å²) >= 11 is 0. The van der Waals surface area contributed by atoms with E-state index in [0.29, 0.717) is 12.0 Å². The molecule has 6 heteroatoms. The number of carbonyl (C=O) groups excluding carboxylic acids is 2. The first kappa shape index (κ1) is 26.6. The van der Waals surface area contributed by atoms with Crippen LogP contribution < -0.4 is 11.5 Å². The van der Waals surface area contributed by atoms with Crippen LogP contribution in [0, 0.1) is 11.8 Å². The fraction of sp³-hybridized carbons (Fsp3) is 0.864. The highest BCUT2D eigenvalue weighted by Gasteiger charge is 2.30. The lowest BCUT2D eigenvalue weighted by atomic mass is 9.88. The van der Waals surface area contributed by atoms with Gasteiger partial charge in [0.1, 0.15) is 12.3 Å². The van der Waals surface area contributed by atoms with Gasteiger partial charge < -0.3 is 16.3 Å².